The van der Waals surface area contributed by atoms with Gasteiger partial charge >= 0.3 is 0 Å². The smallest absolute Gasteiger partial charge is 0.254 e. The molecular weight excluding hydrogens is 466 g/mol. The van der Waals surface area contributed by atoms with Crippen LogP contribution in [0.2, 0.25) is 0 Å². The Morgan fingerprint density at radius 2 is 1.62 bits per heavy atom. The molecule has 0 atom stereocenters. The highest BCUT2D eigenvalue weighted by molar-refractivity contribution is 5.95. The Morgan fingerprint density at radius 3 is 2.35 bits per heavy atom. The second-order valence-electron chi connectivity index (χ2n) is 8.70. The van der Waals surface area contributed by atoms with E-state index in [1.54, 1.807) is 12.4 Å². The number of aromatic nitrogens is 3. The molecule has 9 nitrogen and oxygen atoms in total. The Labute approximate surface area is 215 Å². The lowest BCUT2D eigenvalue weighted by atomic mass is 10.1. The third-order valence-electron chi connectivity index (χ3n) is 6.06. The Balaban J connectivity index is 1.24. The van der Waals surface area contributed by atoms with E-state index in [2.05, 4.69) is 30.5 Å². The van der Waals surface area contributed by atoms with Crippen LogP contribution in [0.3, 0.4) is 0 Å². The van der Waals surface area contributed by atoms with E-state index in [1.807, 2.05) is 77.7 Å². The van der Waals surface area contributed by atoms with Gasteiger partial charge in [-0.25, -0.2) is 15.0 Å². The Kier molecular flexibility index (Phi) is 7.02. The summed E-state index contributed by atoms with van der Waals surface area (Å²) in [5.74, 6) is 1.25. The van der Waals surface area contributed by atoms with Gasteiger partial charge in [-0.3, -0.25) is 9.59 Å². The van der Waals surface area contributed by atoms with Crippen LogP contribution in [0.25, 0.3) is 11.3 Å². The number of rotatable bonds is 6. The van der Waals surface area contributed by atoms with Crippen molar-refractivity contribution >= 4 is 35.0 Å². The average Bonchev–Trinajstić information content (AvgIpc) is 2.94. The fourth-order valence-electron chi connectivity index (χ4n) is 4.23. The molecule has 2 amide bonds. The maximum Gasteiger partial charge on any atom is 0.254 e. The van der Waals surface area contributed by atoms with Gasteiger partial charge in [-0.15, -0.1) is 0 Å². The van der Waals surface area contributed by atoms with E-state index in [0.29, 0.717) is 24.6 Å². The fraction of sp³-hybridized carbons (Fsp3) is 0.179. The molecule has 37 heavy (non-hydrogen) atoms. The summed E-state index contributed by atoms with van der Waals surface area (Å²) >= 11 is 0. The number of nitrogens with one attached hydrogen (secondary N) is 2. The van der Waals surface area contributed by atoms with Gasteiger partial charge < -0.3 is 20.4 Å². The summed E-state index contributed by atoms with van der Waals surface area (Å²) in [6.07, 6.45) is 3.47. The lowest BCUT2D eigenvalue weighted by Crippen LogP contribution is -2.49. The van der Waals surface area contributed by atoms with Gasteiger partial charge in [0.2, 0.25) is 11.9 Å². The minimum atomic E-state index is -0.117. The summed E-state index contributed by atoms with van der Waals surface area (Å²) in [6.45, 7) is 4.24. The van der Waals surface area contributed by atoms with Crippen LogP contribution in [0.15, 0.2) is 85.2 Å². The molecule has 5 rings (SSSR count). The highest BCUT2D eigenvalue weighted by Crippen LogP contribution is 2.22. The summed E-state index contributed by atoms with van der Waals surface area (Å²) in [5, 5.41) is 5.97. The van der Waals surface area contributed by atoms with Gasteiger partial charge in [0.25, 0.3) is 5.91 Å². The van der Waals surface area contributed by atoms with E-state index in [4.69, 9.17) is 0 Å². The maximum atomic E-state index is 13.2. The van der Waals surface area contributed by atoms with Crippen molar-refractivity contribution < 1.29 is 9.59 Å². The fourth-order valence-corrected chi connectivity index (χ4v) is 4.23. The highest BCUT2D eigenvalue weighted by atomic mass is 16.2. The molecule has 186 valence electrons. The van der Waals surface area contributed by atoms with Crippen molar-refractivity contribution in [3.8, 4) is 11.3 Å². The van der Waals surface area contributed by atoms with Gasteiger partial charge in [0.05, 0.1) is 5.69 Å². The molecule has 2 aromatic carbocycles. The van der Waals surface area contributed by atoms with Crippen molar-refractivity contribution in [3.63, 3.8) is 0 Å². The number of pyridine rings is 1. The summed E-state index contributed by atoms with van der Waals surface area (Å²) in [7, 11) is 0. The second kappa shape index (κ2) is 10.9. The molecule has 1 saturated heterocycles. The number of hydrogen-bond acceptors (Lipinski definition) is 7. The van der Waals surface area contributed by atoms with Crippen molar-refractivity contribution in [2.45, 2.75) is 6.92 Å². The Morgan fingerprint density at radius 1 is 0.811 bits per heavy atom. The lowest BCUT2D eigenvalue weighted by Gasteiger charge is -2.35. The van der Waals surface area contributed by atoms with Gasteiger partial charge in [0.1, 0.15) is 5.82 Å². The number of hydrogen-bond donors (Lipinski definition) is 2. The lowest BCUT2D eigenvalue weighted by molar-refractivity contribution is -0.114. The zero-order valence-electron chi connectivity index (χ0n) is 20.5. The van der Waals surface area contributed by atoms with Crippen LogP contribution in [0, 0.1) is 0 Å². The standard InChI is InChI=1S/C28H27N7O2/c1-20(36)31-23-10-8-21(9-11-23)25-12-14-30-28(33-25)32-24-6-4-5-22(19-24)27(37)35-17-15-34(16-18-35)26-7-2-3-13-29-26/h2-14,19H,15-18H2,1H3,(H,31,36)(H,30,32,33). The molecule has 3 heterocycles. The number of piperazine rings is 1. The molecule has 0 saturated carbocycles. The first-order valence-corrected chi connectivity index (χ1v) is 12.1. The van der Waals surface area contributed by atoms with Crippen molar-refractivity contribution in [1.82, 2.24) is 19.9 Å². The molecule has 1 aliphatic heterocycles. The highest BCUT2D eigenvalue weighted by Gasteiger charge is 2.23. The first-order valence-electron chi connectivity index (χ1n) is 12.1. The quantitative estimate of drug-likeness (QED) is 0.415. The molecule has 0 spiro atoms. The molecule has 9 heteroatoms. The topological polar surface area (TPSA) is 103 Å². The molecule has 2 N–H and O–H groups in total. The number of anilines is 4. The van der Waals surface area contributed by atoms with E-state index >= 15 is 0 Å². The van der Waals surface area contributed by atoms with Crippen LogP contribution in [-0.2, 0) is 4.79 Å². The summed E-state index contributed by atoms with van der Waals surface area (Å²) < 4.78 is 0. The zero-order chi connectivity index (χ0) is 25.6. The maximum absolute atomic E-state index is 13.2. The molecule has 4 aromatic rings. The van der Waals surface area contributed by atoms with Gasteiger partial charge in [-0.2, -0.15) is 0 Å². The second-order valence-corrected chi connectivity index (χ2v) is 8.70. The number of amides is 2. The molecule has 2 aromatic heterocycles. The zero-order valence-corrected chi connectivity index (χ0v) is 20.5. The van der Waals surface area contributed by atoms with E-state index < -0.39 is 0 Å². The molecule has 0 radical (unpaired) electrons. The van der Waals surface area contributed by atoms with E-state index in [-0.39, 0.29) is 11.8 Å². The number of carbonyl (C=O) groups is 2. The number of nitrogens with zero attached hydrogens (tertiary/aromatic N) is 5. The normalized spacial score (nSPS) is 13.2. The molecule has 1 aliphatic rings. The minimum absolute atomic E-state index is 0.00162. The van der Waals surface area contributed by atoms with E-state index in [9.17, 15) is 9.59 Å². The monoisotopic (exact) mass is 493 g/mol. The van der Waals surface area contributed by atoms with Crippen LogP contribution in [-0.4, -0.2) is 57.8 Å². The van der Waals surface area contributed by atoms with Gasteiger partial charge in [0.15, 0.2) is 0 Å². The van der Waals surface area contributed by atoms with Crippen LogP contribution in [0.4, 0.5) is 23.1 Å². The Bertz CT molecular complexity index is 1390. The van der Waals surface area contributed by atoms with Crippen LogP contribution < -0.4 is 15.5 Å². The Hall–Kier alpha value is -4.79. The van der Waals surface area contributed by atoms with Crippen LogP contribution >= 0.6 is 0 Å². The molecule has 1 fully saturated rings. The molecule has 0 aliphatic carbocycles. The van der Waals surface area contributed by atoms with Gasteiger partial charge in [-0.1, -0.05) is 24.3 Å². The largest absolute Gasteiger partial charge is 0.353 e. The predicted molar refractivity (Wildman–Crippen MR) is 144 cm³/mol. The predicted octanol–water partition coefficient (Wildman–Crippen LogP) is 4.20. The van der Waals surface area contributed by atoms with E-state index in [0.717, 1.165) is 41.5 Å². The third-order valence-corrected chi connectivity index (χ3v) is 6.06. The molecule has 0 bridgehead atoms. The minimum Gasteiger partial charge on any atom is -0.353 e. The van der Waals surface area contributed by atoms with Gasteiger partial charge in [0, 0.05) is 68.0 Å². The van der Waals surface area contributed by atoms with Crippen LogP contribution in [0.5, 0.6) is 0 Å². The van der Waals surface area contributed by atoms with E-state index in [1.165, 1.54) is 6.92 Å². The van der Waals surface area contributed by atoms with Crippen molar-refractivity contribution in [2.24, 2.45) is 0 Å². The van der Waals surface area contributed by atoms with Crippen molar-refractivity contribution in [1.29, 1.82) is 0 Å². The third kappa shape index (κ3) is 5.90. The summed E-state index contributed by atoms with van der Waals surface area (Å²) in [6, 6.07) is 22.5. The van der Waals surface area contributed by atoms with Crippen molar-refractivity contribution in [2.75, 3.05) is 41.7 Å². The first-order chi connectivity index (χ1) is 18.0. The first kappa shape index (κ1) is 23.9. The van der Waals surface area contributed by atoms with Gasteiger partial charge in [-0.05, 0) is 48.5 Å². The molecule has 0 unspecified atom stereocenters. The van der Waals surface area contributed by atoms with Crippen molar-refractivity contribution in [3.05, 3.63) is 90.8 Å². The number of benzene rings is 2. The SMILES string of the molecule is CC(=O)Nc1ccc(-c2ccnc(Nc3cccc(C(=O)N4CCN(c5ccccn5)CC4)c3)n2)cc1. The average molecular weight is 494 g/mol. The molecular formula is C28H27N7O2. The summed E-state index contributed by atoms with van der Waals surface area (Å²) in [4.78, 5) is 41.9. The summed E-state index contributed by atoms with van der Waals surface area (Å²) in [5.41, 5.74) is 3.71. The number of carbonyl (C=O) groups excluding carboxylic acids is 2. The van der Waals surface area contributed by atoms with Crippen LogP contribution in [0.1, 0.15) is 17.3 Å².